The first kappa shape index (κ1) is 11.5. The van der Waals surface area contributed by atoms with Crippen molar-refractivity contribution in [3.63, 3.8) is 0 Å². The topological polar surface area (TPSA) is 0 Å². The Kier molecular flexibility index (Phi) is 6.30. The molecule has 0 fully saturated rings. The van der Waals surface area contributed by atoms with E-state index in [1.807, 2.05) is 0 Å². The van der Waals surface area contributed by atoms with Gasteiger partial charge in [0.25, 0.3) is 21.2 Å². The van der Waals surface area contributed by atoms with E-state index in [4.69, 9.17) is 0 Å². The lowest BCUT2D eigenvalue weighted by atomic mass is 9.91. The van der Waals surface area contributed by atoms with Crippen LogP contribution < -0.4 is 21.2 Å². The van der Waals surface area contributed by atoms with Crippen LogP contribution in [0.2, 0.25) is 0 Å². The summed E-state index contributed by atoms with van der Waals surface area (Å²) in [7, 11) is 0. The van der Waals surface area contributed by atoms with Crippen molar-refractivity contribution >= 4 is 0 Å². The van der Waals surface area contributed by atoms with Crippen molar-refractivity contribution in [1.29, 1.82) is 0 Å². The average Bonchev–Trinajstić information content (AvgIpc) is 1.85. The maximum Gasteiger partial charge on any atom is 0.273 e. The normalized spacial score (nSPS) is 11.5. The van der Waals surface area contributed by atoms with Gasteiger partial charge in [0, 0.05) is 0 Å². The fourth-order valence-electron chi connectivity index (χ4n) is 0.846. The summed E-state index contributed by atoms with van der Waals surface area (Å²) in [5.41, 5.74) is 0.540. The van der Waals surface area contributed by atoms with Gasteiger partial charge in [-0.25, -0.2) is 0 Å². The summed E-state index contributed by atoms with van der Waals surface area (Å²) >= 11 is 0.452. The molecule has 0 spiro atoms. The van der Waals surface area contributed by atoms with Crippen LogP contribution >= 0.6 is 0 Å². The van der Waals surface area contributed by atoms with E-state index in [9.17, 15) is 0 Å². The molecule has 0 heterocycles. The minimum Gasteiger partial charge on any atom is -0.0989 e. The summed E-state index contributed by atoms with van der Waals surface area (Å²) in [6, 6.07) is 0. The standard InChI is InChI=1S/C10H20I/c1-5-8-11-9-6-7-10(2,3)4/h5H,1,6-9H2,2-4H3/q+1. The average molecular weight is 267 g/mol. The minimum atomic E-state index is 0.452. The van der Waals surface area contributed by atoms with Crippen LogP contribution in [-0.2, 0) is 0 Å². The third kappa shape index (κ3) is 10.5. The first-order valence-corrected chi connectivity index (χ1v) is 7.26. The van der Waals surface area contributed by atoms with Crippen molar-refractivity contribution in [1.82, 2.24) is 0 Å². The van der Waals surface area contributed by atoms with Crippen LogP contribution in [0.4, 0.5) is 0 Å². The molecule has 0 saturated carbocycles. The summed E-state index contributed by atoms with van der Waals surface area (Å²) in [4.78, 5) is 0. The van der Waals surface area contributed by atoms with Crippen molar-refractivity contribution in [3.8, 4) is 0 Å². The van der Waals surface area contributed by atoms with E-state index in [-0.39, 0.29) is 0 Å². The van der Waals surface area contributed by atoms with Gasteiger partial charge in [-0.1, -0.05) is 27.4 Å². The molecule has 0 bridgehead atoms. The fraction of sp³-hybridized carbons (Fsp3) is 0.800. The predicted octanol–water partition coefficient (Wildman–Crippen LogP) is 0.0877. The molecule has 0 saturated heterocycles. The SMILES string of the molecule is C=CC[I+]CCCC(C)(C)C. The lowest BCUT2D eigenvalue weighted by Gasteiger charge is -2.15. The summed E-state index contributed by atoms with van der Waals surface area (Å²) in [5.74, 6) is 0. The molecule has 0 nitrogen and oxygen atoms in total. The number of allylic oxidation sites excluding steroid dienone is 1. The van der Waals surface area contributed by atoms with Gasteiger partial charge < -0.3 is 0 Å². The van der Waals surface area contributed by atoms with Gasteiger partial charge in [-0.05, 0) is 24.3 Å². The zero-order valence-corrected chi connectivity index (χ0v) is 10.1. The number of hydrogen-bond donors (Lipinski definition) is 0. The molecule has 0 aliphatic rings. The van der Waals surface area contributed by atoms with Gasteiger partial charge in [0.05, 0.1) is 0 Å². The van der Waals surface area contributed by atoms with Crippen LogP contribution in [0.3, 0.4) is 0 Å². The molecule has 0 aromatic rings. The molecule has 0 amide bonds. The van der Waals surface area contributed by atoms with Crippen molar-refractivity contribution < 1.29 is 21.2 Å². The Hall–Kier alpha value is 0.470. The third-order valence-corrected chi connectivity index (χ3v) is 4.18. The molecule has 1 heteroatoms. The Bertz CT molecular complexity index is 99.9. The van der Waals surface area contributed by atoms with Crippen LogP contribution in [-0.4, -0.2) is 8.86 Å². The summed E-state index contributed by atoms with van der Waals surface area (Å²) in [6.07, 6.45) is 4.86. The molecule has 0 aromatic heterocycles. The zero-order valence-electron chi connectivity index (χ0n) is 7.99. The molecular formula is C10H20I+. The second kappa shape index (κ2) is 6.04. The monoisotopic (exact) mass is 267 g/mol. The first-order valence-electron chi connectivity index (χ1n) is 4.20. The molecule has 66 valence electrons. The van der Waals surface area contributed by atoms with Gasteiger partial charge in [0.2, 0.25) is 0 Å². The molecule has 11 heavy (non-hydrogen) atoms. The Labute approximate surface area is 81.7 Å². The molecule has 0 aliphatic carbocycles. The van der Waals surface area contributed by atoms with E-state index in [2.05, 4.69) is 33.4 Å². The molecule has 0 rings (SSSR count). The molecule has 0 aromatic carbocycles. The highest BCUT2D eigenvalue weighted by Crippen LogP contribution is 2.19. The maximum atomic E-state index is 3.73. The Morgan fingerprint density at radius 1 is 1.36 bits per heavy atom. The van der Waals surface area contributed by atoms with E-state index in [1.54, 1.807) is 0 Å². The van der Waals surface area contributed by atoms with Gasteiger partial charge in [-0.2, -0.15) is 0 Å². The maximum absolute atomic E-state index is 3.73. The fourth-order valence-corrected chi connectivity index (χ4v) is 2.65. The van der Waals surface area contributed by atoms with E-state index in [1.165, 1.54) is 21.7 Å². The third-order valence-electron chi connectivity index (χ3n) is 1.41. The molecule has 0 atom stereocenters. The van der Waals surface area contributed by atoms with Crippen LogP contribution in [0.25, 0.3) is 0 Å². The van der Waals surface area contributed by atoms with Gasteiger partial charge in [-0.3, -0.25) is 0 Å². The van der Waals surface area contributed by atoms with Gasteiger partial charge in [0.15, 0.2) is 4.43 Å². The molecule has 0 aliphatic heterocycles. The molecule has 0 unspecified atom stereocenters. The lowest BCUT2D eigenvalue weighted by Crippen LogP contribution is -3.63. The molecule has 0 N–H and O–H groups in total. The van der Waals surface area contributed by atoms with Crippen molar-refractivity contribution in [2.45, 2.75) is 33.6 Å². The lowest BCUT2D eigenvalue weighted by molar-refractivity contribution is -0.646. The molecular weight excluding hydrogens is 247 g/mol. The Balaban J connectivity index is 3.08. The highest BCUT2D eigenvalue weighted by molar-refractivity contribution is 4.62. The van der Waals surface area contributed by atoms with Crippen LogP contribution in [0, 0.1) is 5.41 Å². The zero-order chi connectivity index (χ0) is 8.74. The smallest absolute Gasteiger partial charge is 0.0989 e. The van der Waals surface area contributed by atoms with Gasteiger partial charge in [0.1, 0.15) is 4.43 Å². The van der Waals surface area contributed by atoms with Crippen molar-refractivity contribution in [3.05, 3.63) is 12.7 Å². The second-order valence-electron chi connectivity index (χ2n) is 3.99. The van der Waals surface area contributed by atoms with E-state index in [0.29, 0.717) is 26.6 Å². The number of halogens is 1. The van der Waals surface area contributed by atoms with Gasteiger partial charge >= 0.3 is 0 Å². The highest BCUT2D eigenvalue weighted by Gasteiger charge is 2.11. The van der Waals surface area contributed by atoms with E-state index < -0.39 is 0 Å². The van der Waals surface area contributed by atoms with Gasteiger partial charge in [-0.15, -0.1) is 0 Å². The van der Waals surface area contributed by atoms with E-state index >= 15 is 0 Å². The Morgan fingerprint density at radius 2 is 2.00 bits per heavy atom. The number of alkyl halides is 2. The first-order chi connectivity index (χ1) is 5.06. The molecule has 0 radical (unpaired) electrons. The highest BCUT2D eigenvalue weighted by atomic mass is 127. The van der Waals surface area contributed by atoms with Crippen LogP contribution in [0.1, 0.15) is 33.6 Å². The largest absolute Gasteiger partial charge is 0.273 e. The second-order valence-corrected chi connectivity index (χ2v) is 7.02. The summed E-state index contributed by atoms with van der Waals surface area (Å²) in [6.45, 7) is 10.7. The van der Waals surface area contributed by atoms with Crippen LogP contribution in [0.5, 0.6) is 0 Å². The minimum absolute atomic E-state index is 0.452. The quantitative estimate of drug-likeness (QED) is 0.286. The summed E-state index contributed by atoms with van der Waals surface area (Å²) < 4.78 is 2.77. The summed E-state index contributed by atoms with van der Waals surface area (Å²) in [5, 5.41) is 0. The number of rotatable bonds is 5. The predicted molar refractivity (Wildman–Crippen MR) is 48.6 cm³/mol. The van der Waals surface area contributed by atoms with Crippen LogP contribution in [0.15, 0.2) is 12.7 Å². The Morgan fingerprint density at radius 3 is 2.45 bits per heavy atom. The van der Waals surface area contributed by atoms with E-state index in [0.717, 1.165) is 0 Å². The number of hydrogen-bond acceptors (Lipinski definition) is 0. The van der Waals surface area contributed by atoms with Crippen molar-refractivity contribution in [2.24, 2.45) is 5.41 Å². The van der Waals surface area contributed by atoms with Crippen molar-refractivity contribution in [2.75, 3.05) is 8.86 Å².